The second kappa shape index (κ2) is 10.5. The standard InChI is InChI=1S/C25H28N2O5S/c1-4-26(17-19(2)3)24(28)18-32-25(29)14-11-20-9-12-22(13-10-20)33(30,31)27-16-15-21-7-5-6-8-23(21)27/h5-14H,2,4,15-18H2,1,3H3/b14-11+. The van der Waals surface area contributed by atoms with Gasteiger partial charge < -0.3 is 9.64 Å². The van der Waals surface area contributed by atoms with Gasteiger partial charge in [0.2, 0.25) is 0 Å². The molecule has 0 aliphatic carbocycles. The van der Waals surface area contributed by atoms with Gasteiger partial charge in [-0.3, -0.25) is 9.10 Å². The van der Waals surface area contributed by atoms with Gasteiger partial charge in [-0.1, -0.05) is 42.5 Å². The summed E-state index contributed by atoms with van der Waals surface area (Å²) in [4.78, 5) is 25.8. The molecule has 7 nitrogen and oxygen atoms in total. The number of amides is 1. The normalized spacial score (nSPS) is 13.1. The highest BCUT2D eigenvalue weighted by atomic mass is 32.2. The average molecular weight is 469 g/mol. The quantitative estimate of drug-likeness (QED) is 0.320. The van der Waals surface area contributed by atoms with Crippen molar-refractivity contribution in [3.63, 3.8) is 0 Å². The molecule has 0 bridgehead atoms. The smallest absolute Gasteiger partial charge is 0.331 e. The fraction of sp³-hybridized carbons (Fsp3) is 0.280. The van der Waals surface area contributed by atoms with Crippen LogP contribution >= 0.6 is 0 Å². The van der Waals surface area contributed by atoms with Crippen LogP contribution < -0.4 is 4.31 Å². The summed E-state index contributed by atoms with van der Waals surface area (Å²) in [5, 5.41) is 0. The number of para-hydroxylation sites is 1. The molecule has 174 valence electrons. The molecule has 0 saturated carbocycles. The third-order valence-electron chi connectivity index (χ3n) is 5.26. The van der Waals surface area contributed by atoms with Crippen LogP contribution in [-0.2, 0) is 30.8 Å². The van der Waals surface area contributed by atoms with Crippen LogP contribution in [0.25, 0.3) is 6.08 Å². The van der Waals surface area contributed by atoms with Crippen molar-refractivity contribution in [3.8, 4) is 0 Å². The molecule has 1 aliphatic rings. The number of carbonyl (C=O) groups excluding carboxylic acids is 2. The van der Waals surface area contributed by atoms with Crippen molar-refractivity contribution in [1.82, 2.24) is 4.90 Å². The Hall–Kier alpha value is -3.39. The third-order valence-corrected chi connectivity index (χ3v) is 7.09. The molecular weight excluding hydrogens is 440 g/mol. The Morgan fingerprint density at radius 3 is 2.52 bits per heavy atom. The van der Waals surface area contributed by atoms with Crippen LogP contribution in [0, 0.1) is 0 Å². The zero-order valence-electron chi connectivity index (χ0n) is 18.9. The van der Waals surface area contributed by atoms with E-state index in [1.54, 1.807) is 17.0 Å². The highest BCUT2D eigenvalue weighted by Gasteiger charge is 2.30. The molecule has 0 spiro atoms. The Morgan fingerprint density at radius 1 is 1.15 bits per heavy atom. The van der Waals surface area contributed by atoms with Gasteiger partial charge in [-0.15, -0.1) is 0 Å². The van der Waals surface area contributed by atoms with Gasteiger partial charge in [0.1, 0.15) is 0 Å². The minimum Gasteiger partial charge on any atom is -0.452 e. The van der Waals surface area contributed by atoms with Crippen LogP contribution in [0.1, 0.15) is 25.0 Å². The number of likely N-dealkylation sites (N-methyl/N-ethyl adjacent to an activating group) is 1. The van der Waals surface area contributed by atoms with Crippen molar-refractivity contribution in [1.29, 1.82) is 0 Å². The van der Waals surface area contributed by atoms with Gasteiger partial charge in [-0.05, 0) is 55.7 Å². The summed E-state index contributed by atoms with van der Waals surface area (Å²) in [6.07, 6.45) is 3.41. The van der Waals surface area contributed by atoms with Crippen molar-refractivity contribution in [2.24, 2.45) is 0 Å². The van der Waals surface area contributed by atoms with Crippen molar-refractivity contribution in [2.45, 2.75) is 25.2 Å². The number of carbonyl (C=O) groups is 2. The maximum Gasteiger partial charge on any atom is 0.331 e. The molecule has 8 heteroatoms. The minimum absolute atomic E-state index is 0.182. The summed E-state index contributed by atoms with van der Waals surface area (Å²) in [5.74, 6) is -0.944. The first-order valence-corrected chi connectivity index (χ1v) is 12.1. The predicted molar refractivity (Wildman–Crippen MR) is 128 cm³/mol. The van der Waals surface area contributed by atoms with E-state index in [9.17, 15) is 18.0 Å². The molecule has 1 amide bonds. The number of ether oxygens (including phenoxy) is 1. The molecule has 0 atom stereocenters. The second-order valence-electron chi connectivity index (χ2n) is 7.83. The molecule has 3 rings (SSSR count). The molecular formula is C25H28N2O5S. The van der Waals surface area contributed by atoms with Gasteiger partial charge in [0.25, 0.3) is 15.9 Å². The van der Waals surface area contributed by atoms with E-state index in [0.717, 1.165) is 11.1 Å². The van der Waals surface area contributed by atoms with E-state index >= 15 is 0 Å². The van der Waals surface area contributed by atoms with Crippen LogP contribution in [0.2, 0.25) is 0 Å². The summed E-state index contributed by atoms with van der Waals surface area (Å²) in [6, 6.07) is 13.7. The first kappa shape index (κ1) is 24.3. The zero-order chi connectivity index (χ0) is 24.0. The Balaban J connectivity index is 1.60. The number of esters is 1. The van der Waals surface area contributed by atoms with Gasteiger partial charge in [0.15, 0.2) is 6.61 Å². The SMILES string of the molecule is C=C(C)CN(CC)C(=O)COC(=O)/C=C/c1ccc(S(=O)(=O)N2CCc3ccccc32)cc1. The van der Waals surface area contributed by atoms with Crippen molar-refractivity contribution >= 4 is 33.7 Å². The van der Waals surface area contributed by atoms with E-state index in [4.69, 9.17) is 4.74 Å². The Kier molecular flexibility index (Phi) is 7.71. The van der Waals surface area contributed by atoms with E-state index in [1.165, 1.54) is 28.6 Å². The number of hydrogen-bond acceptors (Lipinski definition) is 5. The highest BCUT2D eigenvalue weighted by molar-refractivity contribution is 7.92. The fourth-order valence-electron chi connectivity index (χ4n) is 3.57. The summed E-state index contributed by atoms with van der Waals surface area (Å²) < 4.78 is 32.6. The largest absolute Gasteiger partial charge is 0.452 e. The van der Waals surface area contributed by atoms with Crippen molar-refractivity contribution < 1.29 is 22.7 Å². The molecule has 1 aliphatic heterocycles. The number of fused-ring (bicyclic) bond motifs is 1. The highest BCUT2D eigenvalue weighted by Crippen LogP contribution is 2.32. The van der Waals surface area contributed by atoms with E-state index in [2.05, 4.69) is 6.58 Å². The molecule has 0 radical (unpaired) electrons. The van der Waals surface area contributed by atoms with Crippen LogP contribution in [0.3, 0.4) is 0 Å². The molecule has 0 unspecified atom stereocenters. The molecule has 2 aromatic carbocycles. The molecule has 0 saturated heterocycles. The topological polar surface area (TPSA) is 84.0 Å². The molecule has 1 heterocycles. The number of rotatable bonds is 9. The monoisotopic (exact) mass is 468 g/mol. The molecule has 0 aromatic heterocycles. The predicted octanol–water partition coefficient (Wildman–Crippen LogP) is 3.42. The lowest BCUT2D eigenvalue weighted by molar-refractivity contribution is -0.147. The molecule has 0 N–H and O–H groups in total. The van der Waals surface area contributed by atoms with Crippen LogP contribution in [-0.4, -0.2) is 51.4 Å². The molecule has 0 fully saturated rings. The first-order valence-electron chi connectivity index (χ1n) is 10.7. The number of hydrogen-bond donors (Lipinski definition) is 0. The Bertz CT molecular complexity index is 1170. The van der Waals surface area contributed by atoms with Crippen LogP contribution in [0.5, 0.6) is 0 Å². The summed E-state index contributed by atoms with van der Waals surface area (Å²) in [7, 11) is -3.67. The summed E-state index contributed by atoms with van der Waals surface area (Å²) in [6.45, 7) is 8.43. The van der Waals surface area contributed by atoms with Crippen molar-refractivity contribution in [3.05, 3.63) is 77.9 Å². The Morgan fingerprint density at radius 2 is 1.85 bits per heavy atom. The lowest BCUT2D eigenvalue weighted by atomic mass is 10.2. The second-order valence-corrected chi connectivity index (χ2v) is 9.69. The minimum atomic E-state index is -3.67. The van der Waals surface area contributed by atoms with E-state index < -0.39 is 16.0 Å². The zero-order valence-corrected chi connectivity index (χ0v) is 19.7. The van der Waals surface area contributed by atoms with Crippen LogP contribution in [0.4, 0.5) is 5.69 Å². The molecule has 33 heavy (non-hydrogen) atoms. The fourth-order valence-corrected chi connectivity index (χ4v) is 5.08. The van der Waals surface area contributed by atoms with Crippen LogP contribution in [0.15, 0.2) is 71.7 Å². The lowest BCUT2D eigenvalue weighted by Gasteiger charge is -2.20. The summed E-state index contributed by atoms with van der Waals surface area (Å²) in [5.41, 5.74) is 3.20. The maximum absolute atomic E-state index is 13.1. The number of benzene rings is 2. The van der Waals surface area contributed by atoms with Gasteiger partial charge in [-0.2, -0.15) is 0 Å². The number of anilines is 1. The lowest BCUT2D eigenvalue weighted by Crippen LogP contribution is -2.35. The Labute approximate surface area is 195 Å². The number of nitrogens with zero attached hydrogens (tertiary/aromatic N) is 2. The summed E-state index contributed by atoms with van der Waals surface area (Å²) >= 11 is 0. The maximum atomic E-state index is 13.1. The van der Waals surface area contributed by atoms with E-state index in [-0.39, 0.29) is 17.4 Å². The molecule has 2 aromatic rings. The average Bonchev–Trinajstić information content (AvgIpc) is 3.25. The van der Waals surface area contributed by atoms with Gasteiger partial charge in [-0.25, -0.2) is 13.2 Å². The van der Waals surface area contributed by atoms with Crippen molar-refractivity contribution in [2.75, 3.05) is 30.5 Å². The van der Waals surface area contributed by atoms with Gasteiger partial charge >= 0.3 is 5.97 Å². The van der Waals surface area contributed by atoms with E-state index in [0.29, 0.717) is 37.3 Å². The number of sulfonamides is 1. The van der Waals surface area contributed by atoms with Gasteiger partial charge in [0, 0.05) is 25.7 Å². The third kappa shape index (κ3) is 5.90. The first-order chi connectivity index (χ1) is 15.7. The van der Waals surface area contributed by atoms with E-state index in [1.807, 2.05) is 38.1 Å². The van der Waals surface area contributed by atoms with Gasteiger partial charge in [0.05, 0.1) is 10.6 Å².